The maximum absolute atomic E-state index is 13.2. The number of benzene rings is 1. The Bertz CT molecular complexity index is 600. The van der Waals surface area contributed by atoms with Crippen LogP contribution in [0.3, 0.4) is 0 Å². The van der Waals surface area contributed by atoms with Crippen molar-refractivity contribution in [1.82, 2.24) is 4.98 Å². The number of hydrogen-bond donors (Lipinski definition) is 1. The van der Waals surface area contributed by atoms with Crippen molar-refractivity contribution in [2.45, 2.75) is 19.9 Å². The molecule has 0 aliphatic carbocycles. The molecule has 0 amide bonds. The number of aromatic nitrogens is 1. The summed E-state index contributed by atoms with van der Waals surface area (Å²) < 4.78 is 13.2. The van der Waals surface area contributed by atoms with Crippen LogP contribution in [0.25, 0.3) is 0 Å². The number of non-ortho nitro benzene ring substituents is 1. The maximum atomic E-state index is 13.2. The van der Waals surface area contributed by atoms with Gasteiger partial charge in [-0.25, -0.2) is 9.37 Å². The van der Waals surface area contributed by atoms with E-state index in [9.17, 15) is 14.5 Å². The van der Waals surface area contributed by atoms with E-state index in [0.29, 0.717) is 12.2 Å². The predicted molar refractivity (Wildman–Crippen MR) is 71.9 cm³/mol. The van der Waals surface area contributed by atoms with Gasteiger partial charge >= 0.3 is 0 Å². The number of nitro benzene ring substituents is 1. The first-order valence-electron chi connectivity index (χ1n) is 5.71. The van der Waals surface area contributed by atoms with Gasteiger partial charge in [0.2, 0.25) is 0 Å². The highest BCUT2D eigenvalue weighted by molar-refractivity contribution is 7.11. The number of anilines is 1. The molecule has 0 fully saturated rings. The Balaban J connectivity index is 2.08. The minimum absolute atomic E-state index is 0.263. The first kappa shape index (κ1) is 13.4. The molecule has 1 aromatic heterocycles. The number of halogens is 1. The zero-order valence-electron chi connectivity index (χ0n) is 10.2. The lowest BCUT2D eigenvalue weighted by Gasteiger charge is -2.04. The molecule has 0 aliphatic heterocycles. The van der Waals surface area contributed by atoms with Crippen LogP contribution >= 0.6 is 11.3 Å². The fraction of sp³-hybridized carbons (Fsp3) is 0.250. The van der Waals surface area contributed by atoms with E-state index in [1.807, 2.05) is 6.92 Å². The van der Waals surface area contributed by atoms with Crippen LogP contribution in [0.15, 0.2) is 24.4 Å². The zero-order valence-corrected chi connectivity index (χ0v) is 11.0. The predicted octanol–water partition coefficient (Wildman–Crippen LogP) is 3.36. The van der Waals surface area contributed by atoms with Gasteiger partial charge in [-0.2, -0.15) is 0 Å². The molecule has 7 heteroatoms. The average molecular weight is 281 g/mol. The lowest BCUT2D eigenvalue weighted by molar-refractivity contribution is -0.385. The molecule has 2 aromatic rings. The molecule has 0 saturated heterocycles. The Hall–Kier alpha value is -2.02. The van der Waals surface area contributed by atoms with Gasteiger partial charge in [0.1, 0.15) is 5.82 Å². The Morgan fingerprint density at radius 3 is 2.89 bits per heavy atom. The maximum Gasteiger partial charge on any atom is 0.274 e. The molecule has 0 spiro atoms. The van der Waals surface area contributed by atoms with Crippen LogP contribution in [-0.4, -0.2) is 9.91 Å². The summed E-state index contributed by atoms with van der Waals surface area (Å²) in [4.78, 5) is 15.2. The lowest BCUT2D eigenvalue weighted by Crippen LogP contribution is -1.99. The second kappa shape index (κ2) is 5.75. The topological polar surface area (TPSA) is 68.1 Å². The second-order valence-electron chi connectivity index (χ2n) is 3.88. The van der Waals surface area contributed by atoms with Gasteiger partial charge < -0.3 is 5.32 Å². The highest BCUT2D eigenvalue weighted by Crippen LogP contribution is 2.21. The average Bonchev–Trinajstić information content (AvgIpc) is 2.83. The molecule has 0 bridgehead atoms. The van der Waals surface area contributed by atoms with E-state index >= 15 is 0 Å². The van der Waals surface area contributed by atoms with Gasteiger partial charge in [-0.3, -0.25) is 10.1 Å². The first-order valence-corrected chi connectivity index (χ1v) is 6.52. The van der Waals surface area contributed by atoms with Crippen molar-refractivity contribution < 1.29 is 9.31 Å². The summed E-state index contributed by atoms with van der Waals surface area (Å²) in [7, 11) is 0. The summed E-state index contributed by atoms with van der Waals surface area (Å²) in [5.41, 5.74) is 0.124. The van der Waals surface area contributed by atoms with Crippen LogP contribution in [-0.2, 0) is 13.0 Å². The van der Waals surface area contributed by atoms with Gasteiger partial charge in [-0.1, -0.05) is 6.92 Å². The van der Waals surface area contributed by atoms with Crippen molar-refractivity contribution in [2.75, 3.05) is 5.32 Å². The largest absolute Gasteiger partial charge is 0.380 e. The molecule has 0 radical (unpaired) electrons. The molecule has 100 valence electrons. The number of hydrogen-bond acceptors (Lipinski definition) is 5. The molecule has 0 atom stereocenters. The van der Waals surface area contributed by atoms with Crippen LogP contribution in [0.2, 0.25) is 0 Å². The third-order valence-electron chi connectivity index (χ3n) is 2.46. The summed E-state index contributed by atoms with van der Waals surface area (Å²) in [6, 6.07) is 3.44. The standard InChI is InChI=1S/C12H12FN3O2S/c1-2-12-15-7-11(19-12)6-14-9-3-8(13)4-10(5-9)16(17)18/h3-5,7,14H,2,6H2,1H3. The fourth-order valence-electron chi connectivity index (χ4n) is 1.56. The van der Waals surface area contributed by atoms with E-state index in [2.05, 4.69) is 10.3 Å². The van der Waals surface area contributed by atoms with Gasteiger partial charge in [0.05, 0.1) is 22.5 Å². The molecular weight excluding hydrogens is 269 g/mol. The molecule has 1 N–H and O–H groups in total. The van der Waals surface area contributed by atoms with Gasteiger partial charge in [0.25, 0.3) is 5.69 Å². The first-order chi connectivity index (χ1) is 9.08. The van der Waals surface area contributed by atoms with Gasteiger partial charge in [-0.15, -0.1) is 11.3 Å². The van der Waals surface area contributed by atoms with E-state index in [1.54, 1.807) is 17.5 Å². The number of rotatable bonds is 5. The third-order valence-corrected chi connectivity index (χ3v) is 3.61. The minimum Gasteiger partial charge on any atom is -0.380 e. The molecule has 0 unspecified atom stereocenters. The summed E-state index contributed by atoms with van der Waals surface area (Å²) in [6.45, 7) is 2.49. The van der Waals surface area contributed by atoms with Gasteiger partial charge in [0, 0.05) is 22.8 Å². The van der Waals surface area contributed by atoms with Crippen molar-refractivity contribution in [3.8, 4) is 0 Å². The fourth-order valence-corrected chi connectivity index (χ4v) is 2.37. The Labute approximate surface area is 113 Å². The van der Waals surface area contributed by atoms with Crippen LogP contribution in [0, 0.1) is 15.9 Å². The molecule has 19 heavy (non-hydrogen) atoms. The molecule has 2 rings (SSSR count). The Morgan fingerprint density at radius 2 is 2.26 bits per heavy atom. The summed E-state index contributed by atoms with van der Waals surface area (Å²) in [5.74, 6) is -0.629. The Morgan fingerprint density at radius 1 is 1.47 bits per heavy atom. The second-order valence-corrected chi connectivity index (χ2v) is 5.08. The van der Waals surface area contributed by atoms with Crippen molar-refractivity contribution in [2.24, 2.45) is 0 Å². The van der Waals surface area contributed by atoms with Gasteiger partial charge in [-0.05, 0) is 12.5 Å². The van der Waals surface area contributed by atoms with Crippen LogP contribution in [0.5, 0.6) is 0 Å². The highest BCUT2D eigenvalue weighted by Gasteiger charge is 2.10. The smallest absolute Gasteiger partial charge is 0.274 e. The van der Waals surface area contributed by atoms with Crippen molar-refractivity contribution >= 4 is 22.7 Å². The van der Waals surface area contributed by atoms with Crippen LogP contribution in [0.4, 0.5) is 15.8 Å². The van der Waals surface area contributed by atoms with E-state index in [1.165, 1.54) is 12.1 Å². The van der Waals surface area contributed by atoms with Crippen molar-refractivity contribution in [3.63, 3.8) is 0 Å². The quantitative estimate of drug-likeness (QED) is 0.674. The molecule has 0 saturated carbocycles. The number of aryl methyl sites for hydroxylation is 1. The summed E-state index contributed by atoms with van der Waals surface area (Å²) in [5, 5.41) is 14.6. The van der Waals surface area contributed by atoms with E-state index in [0.717, 1.165) is 22.4 Å². The molecule has 1 heterocycles. The van der Waals surface area contributed by atoms with Gasteiger partial charge in [0.15, 0.2) is 0 Å². The Kier molecular flexibility index (Phi) is 4.06. The number of nitro groups is 1. The van der Waals surface area contributed by atoms with Crippen LogP contribution in [0.1, 0.15) is 16.8 Å². The number of thiazole rings is 1. The molecule has 5 nitrogen and oxygen atoms in total. The monoisotopic (exact) mass is 281 g/mol. The molecule has 0 aliphatic rings. The SMILES string of the molecule is CCc1ncc(CNc2cc(F)cc([N+](=O)[O-])c2)s1. The number of nitrogens with zero attached hydrogens (tertiary/aromatic N) is 2. The van der Waals surface area contributed by atoms with E-state index < -0.39 is 10.7 Å². The van der Waals surface area contributed by atoms with E-state index in [-0.39, 0.29) is 5.69 Å². The third kappa shape index (κ3) is 3.47. The minimum atomic E-state index is -0.629. The molecule has 1 aromatic carbocycles. The summed E-state index contributed by atoms with van der Waals surface area (Å²) >= 11 is 1.57. The zero-order chi connectivity index (χ0) is 13.8. The number of nitrogens with one attached hydrogen (secondary N) is 1. The molecular formula is C12H12FN3O2S. The van der Waals surface area contributed by atoms with Crippen LogP contribution < -0.4 is 5.32 Å². The van der Waals surface area contributed by atoms with E-state index in [4.69, 9.17) is 0 Å². The van der Waals surface area contributed by atoms with Crippen molar-refractivity contribution in [1.29, 1.82) is 0 Å². The lowest BCUT2D eigenvalue weighted by atomic mass is 10.2. The summed E-state index contributed by atoms with van der Waals surface area (Å²) in [6.07, 6.45) is 2.63. The normalized spacial score (nSPS) is 10.4. The highest BCUT2D eigenvalue weighted by atomic mass is 32.1. The van der Waals surface area contributed by atoms with Crippen molar-refractivity contribution in [3.05, 3.63) is 50.2 Å².